The lowest BCUT2D eigenvalue weighted by Gasteiger charge is -2.27. The smallest absolute Gasteiger partial charge is 0.356 e. The molecule has 0 spiro atoms. The Hall–Kier alpha value is -3.67. The van der Waals surface area contributed by atoms with E-state index >= 15 is 0 Å². The van der Waals surface area contributed by atoms with E-state index in [1.807, 2.05) is 50.4 Å². The van der Waals surface area contributed by atoms with Gasteiger partial charge in [-0.15, -0.1) is 23.7 Å². The molecule has 2 aromatic carbocycles. The zero-order chi connectivity index (χ0) is 30.6. The highest BCUT2D eigenvalue weighted by Crippen LogP contribution is 2.36. The molecule has 44 heavy (non-hydrogen) atoms. The van der Waals surface area contributed by atoms with E-state index in [1.54, 1.807) is 6.07 Å². The number of amides is 1. The van der Waals surface area contributed by atoms with E-state index in [9.17, 15) is 18.0 Å². The second-order valence-electron chi connectivity index (χ2n) is 10.8. The SMILES string of the molecule is C=CC(=O)Nc1cccc(Nc2ccc(CN[C@H]3CC[C@@H](N(C)c4nc(CC)nc5sc(CC(F)(F)F)cc45)C3)cc2)c1.Cl. The van der Waals surface area contributed by atoms with Gasteiger partial charge in [0.2, 0.25) is 5.91 Å². The molecule has 1 aliphatic rings. The second kappa shape index (κ2) is 14.4. The number of fused-ring (bicyclic) bond motifs is 1. The third kappa shape index (κ3) is 8.49. The highest BCUT2D eigenvalue weighted by molar-refractivity contribution is 7.18. The molecule has 0 aliphatic heterocycles. The van der Waals surface area contributed by atoms with Crippen LogP contribution in [0.3, 0.4) is 0 Å². The molecular formula is C32H36ClF3N6OS. The predicted octanol–water partition coefficient (Wildman–Crippen LogP) is 7.80. The van der Waals surface area contributed by atoms with E-state index in [2.05, 4.69) is 44.5 Å². The van der Waals surface area contributed by atoms with Gasteiger partial charge < -0.3 is 20.9 Å². The van der Waals surface area contributed by atoms with Crippen molar-refractivity contribution in [3.05, 3.63) is 83.5 Å². The highest BCUT2D eigenvalue weighted by atomic mass is 35.5. The normalized spacial score (nSPS) is 16.4. The van der Waals surface area contributed by atoms with Gasteiger partial charge in [-0.3, -0.25) is 4.79 Å². The van der Waals surface area contributed by atoms with Crippen LogP contribution in [0.2, 0.25) is 0 Å². The summed E-state index contributed by atoms with van der Waals surface area (Å²) in [7, 11) is 1.99. The number of carbonyl (C=O) groups is 1. The molecular weight excluding hydrogens is 609 g/mol. The number of hydrogen-bond acceptors (Lipinski definition) is 7. The molecule has 0 unspecified atom stereocenters. The highest BCUT2D eigenvalue weighted by Gasteiger charge is 2.31. The van der Waals surface area contributed by atoms with Crippen LogP contribution < -0.4 is 20.9 Å². The molecule has 4 aromatic rings. The van der Waals surface area contributed by atoms with Gasteiger partial charge in [0, 0.05) is 54.0 Å². The van der Waals surface area contributed by atoms with Crippen LogP contribution in [0.1, 0.15) is 42.5 Å². The molecule has 1 amide bonds. The minimum atomic E-state index is -4.26. The largest absolute Gasteiger partial charge is 0.393 e. The standard InChI is InChI=1S/C32H35F3N6OS.ClH/c1-4-28-39-30(27-17-26(18-32(33,34)35)43-31(27)40-28)41(3)25-14-13-22(16-25)36-19-20-9-11-21(12-10-20)37-23-7-6-8-24(15-23)38-29(42)5-2;/h5-12,15,17,22,25,36-37H,2,4,13-14,16,18-19H2,1,3H3,(H,38,42);1H/t22-,25+;/m0./s1. The van der Waals surface area contributed by atoms with E-state index in [0.29, 0.717) is 40.0 Å². The zero-order valence-electron chi connectivity index (χ0n) is 24.6. The minimum Gasteiger partial charge on any atom is -0.356 e. The Bertz CT molecular complexity index is 1590. The Morgan fingerprint density at radius 3 is 2.55 bits per heavy atom. The van der Waals surface area contributed by atoms with E-state index in [4.69, 9.17) is 4.98 Å². The summed E-state index contributed by atoms with van der Waals surface area (Å²) < 4.78 is 39.2. The summed E-state index contributed by atoms with van der Waals surface area (Å²) in [5.41, 5.74) is 3.65. The van der Waals surface area contributed by atoms with Crippen LogP contribution in [0.5, 0.6) is 0 Å². The van der Waals surface area contributed by atoms with Gasteiger partial charge in [-0.1, -0.05) is 31.7 Å². The van der Waals surface area contributed by atoms with Gasteiger partial charge in [-0.25, -0.2) is 9.97 Å². The first-order valence-electron chi connectivity index (χ1n) is 14.3. The molecule has 0 saturated heterocycles. The number of aromatic nitrogens is 2. The summed E-state index contributed by atoms with van der Waals surface area (Å²) in [5.74, 6) is 1.11. The Morgan fingerprint density at radius 1 is 1.09 bits per heavy atom. The van der Waals surface area contributed by atoms with Crippen molar-refractivity contribution in [3.8, 4) is 0 Å². The molecule has 0 radical (unpaired) electrons. The summed E-state index contributed by atoms with van der Waals surface area (Å²) in [4.78, 5) is 23.8. The fourth-order valence-electron chi connectivity index (χ4n) is 5.38. The topological polar surface area (TPSA) is 82.2 Å². The number of nitrogens with zero attached hydrogens (tertiary/aromatic N) is 3. The van der Waals surface area contributed by atoms with E-state index in [-0.39, 0.29) is 29.2 Å². The fourth-order valence-corrected chi connectivity index (χ4v) is 6.45. The van der Waals surface area contributed by atoms with Crippen molar-refractivity contribution in [2.24, 2.45) is 0 Å². The van der Waals surface area contributed by atoms with Gasteiger partial charge >= 0.3 is 6.18 Å². The summed E-state index contributed by atoms with van der Waals surface area (Å²) >= 11 is 1.11. The summed E-state index contributed by atoms with van der Waals surface area (Å²) in [5, 5.41) is 10.5. The van der Waals surface area contributed by atoms with Gasteiger partial charge in [-0.05, 0) is 67.3 Å². The van der Waals surface area contributed by atoms with Gasteiger partial charge in [-0.2, -0.15) is 13.2 Å². The van der Waals surface area contributed by atoms with Crippen LogP contribution >= 0.6 is 23.7 Å². The first kappa shape index (κ1) is 33.2. The van der Waals surface area contributed by atoms with Crippen LogP contribution in [0.25, 0.3) is 10.2 Å². The number of carbonyl (C=O) groups excluding carboxylic acids is 1. The molecule has 7 nitrogen and oxygen atoms in total. The molecule has 234 valence electrons. The van der Waals surface area contributed by atoms with Crippen molar-refractivity contribution in [2.45, 2.75) is 63.8 Å². The number of anilines is 4. The average molecular weight is 645 g/mol. The predicted molar refractivity (Wildman–Crippen MR) is 175 cm³/mol. The Morgan fingerprint density at radius 2 is 1.84 bits per heavy atom. The Kier molecular flexibility index (Phi) is 10.9. The van der Waals surface area contributed by atoms with Crippen molar-refractivity contribution in [1.29, 1.82) is 0 Å². The van der Waals surface area contributed by atoms with Crippen molar-refractivity contribution in [2.75, 3.05) is 22.6 Å². The molecule has 1 fully saturated rings. The number of thiophene rings is 1. The number of rotatable bonds is 11. The molecule has 12 heteroatoms. The monoisotopic (exact) mass is 644 g/mol. The number of benzene rings is 2. The van der Waals surface area contributed by atoms with Gasteiger partial charge in [0.15, 0.2) is 0 Å². The first-order chi connectivity index (χ1) is 20.6. The van der Waals surface area contributed by atoms with Crippen molar-refractivity contribution in [1.82, 2.24) is 15.3 Å². The number of nitrogens with one attached hydrogen (secondary N) is 3. The zero-order valence-corrected chi connectivity index (χ0v) is 26.2. The summed E-state index contributed by atoms with van der Waals surface area (Å²) in [6.07, 6.45) is -0.463. The summed E-state index contributed by atoms with van der Waals surface area (Å²) in [6, 6.07) is 17.9. The number of aryl methyl sites for hydroxylation is 1. The molecule has 5 rings (SSSR count). The lowest BCUT2D eigenvalue weighted by atomic mass is 10.1. The molecule has 3 N–H and O–H groups in total. The van der Waals surface area contributed by atoms with E-state index in [0.717, 1.165) is 54.1 Å². The van der Waals surface area contributed by atoms with Gasteiger partial charge in [0.05, 0.1) is 11.8 Å². The van der Waals surface area contributed by atoms with Crippen LogP contribution in [-0.4, -0.2) is 41.2 Å². The minimum absolute atomic E-state index is 0. The Labute approximate surface area is 265 Å². The second-order valence-corrected chi connectivity index (χ2v) is 11.9. The average Bonchev–Trinajstić information content (AvgIpc) is 3.61. The van der Waals surface area contributed by atoms with Crippen LogP contribution in [0.4, 0.5) is 36.1 Å². The van der Waals surface area contributed by atoms with Gasteiger partial charge in [0.1, 0.15) is 16.5 Å². The number of halogens is 4. The van der Waals surface area contributed by atoms with E-state index in [1.165, 1.54) is 6.08 Å². The van der Waals surface area contributed by atoms with Crippen molar-refractivity contribution < 1.29 is 18.0 Å². The summed E-state index contributed by atoms with van der Waals surface area (Å²) in [6.45, 7) is 6.16. The molecule has 2 heterocycles. The third-order valence-corrected chi connectivity index (χ3v) is 8.63. The Balaban J connectivity index is 0.00000442. The maximum Gasteiger partial charge on any atom is 0.393 e. The quantitative estimate of drug-likeness (QED) is 0.145. The van der Waals surface area contributed by atoms with Crippen LogP contribution in [0.15, 0.2) is 67.3 Å². The number of hydrogen-bond donors (Lipinski definition) is 3. The van der Waals surface area contributed by atoms with Crippen molar-refractivity contribution >= 4 is 62.7 Å². The lowest BCUT2D eigenvalue weighted by Crippen LogP contribution is -2.33. The lowest BCUT2D eigenvalue weighted by molar-refractivity contribution is -0.126. The molecule has 2 atom stereocenters. The van der Waals surface area contributed by atoms with Gasteiger partial charge in [0.25, 0.3) is 0 Å². The number of alkyl halides is 3. The fraction of sp³-hybridized carbons (Fsp3) is 0.344. The van der Waals surface area contributed by atoms with Crippen LogP contribution in [0, 0.1) is 0 Å². The maximum atomic E-state index is 13.1. The maximum absolute atomic E-state index is 13.1. The first-order valence-corrected chi connectivity index (χ1v) is 15.1. The third-order valence-electron chi connectivity index (χ3n) is 7.60. The molecule has 1 saturated carbocycles. The molecule has 0 bridgehead atoms. The molecule has 1 aliphatic carbocycles. The van der Waals surface area contributed by atoms with Crippen LogP contribution in [-0.2, 0) is 24.2 Å². The van der Waals surface area contributed by atoms with Crippen molar-refractivity contribution in [3.63, 3.8) is 0 Å². The molecule has 2 aromatic heterocycles. The van der Waals surface area contributed by atoms with E-state index < -0.39 is 12.6 Å².